The predicted molar refractivity (Wildman–Crippen MR) is 127 cm³/mol. The smallest absolute Gasteiger partial charge is 0.293 e. The Balaban J connectivity index is 1.23. The monoisotopic (exact) mass is 480 g/mol. The van der Waals surface area contributed by atoms with Gasteiger partial charge in [-0.15, -0.1) is 0 Å². The number of ether oxygens (including phenoxy) is 2. The Morgan fingerprint density at radius 1 is 0.970 bits per heavy atom. The van der Waals surface area contributed by atoms with Crippen molar-refractivity contribution in [2.24, 2.45) is 0 Å². The number of benzene rings is 2. The van der Waals surface area contributed by atoms with E-state index in [9.17, 15) is 9.59 Å². The number of rotatable bonds is 4. The molecule has 0 radical (unpaired) electrons. The molecular weight excluding hydrogens is 464 g/mol. The quantitative estimate of drug-likeness (QED) is 0.375. The summed E-state index contributed by atoms with van der Waals surface area (Å²) < 4.78 is 16.9. The molecule has 0 bridgehead atoms. The fourth-order valence-electron chi connectivity index (χ4n) is 3.14. The molecule has 3 N–H and O–H groups in total. The van der Waals surface area contributed by atoms with E-state index in [1.54, 1.807) is 42.5 Å². The summed E-state index contributed by atoms with van der Waals surface area (Å²) in [4.78, 5) is 29.1. The zero-order chi connectivity index (χ0) is 22.8. The summed E-state index contributed by atoms with van der Waals surface area (Å²) in [5, 5.41) is 8.94. The third-order valence-corrected chi connectivity index (χ3v) is 5.78. The molecule has 9 nitrogen and oxygen atoms in total. The number of furan rings is 1. The molecule has 33 heavy (non-hydrogen) atoms. The van der Waals surface area contributed by atoms with Gasteiger partial charge in [-0.1, -0.05) is 11.3 Å². The van der Waals surface area contributed by atoms with Crippen LogP contribution >= 0.6 is 23.6 Å². The van der Waals surface area contributed by atoms with Gasteiger partial charge in [-0.25, -0.2) is 4.98 Å². The van der Waals surface area contributed by atoms with Gasteiger partial charge in [-0.3, -0.25) is 20.2 Å². The molecule has 4 aromatic rings. The van der Waals surface area contributed by atoms with Crippen LogP contribution < -0.4 is 25.4 Å². The summed E-state index contributed by atoms with van der Waals surface area (Å²) in [5.74, 6) is 0.594. The molecule has 0 atom stereocenters. The average Bonchev–Trinajstić information content (AvgIpc) is 3.48. The van der Waals surface area contributed by atoms with E-state index in [-0.39, 0.29) is 22.7 Å². The van der Waals surface area contributed by atoms with Crippen molar-refractivity contribution in [2.45, 2.75) is 0 Å². The molecule has 0 saturated carbocycles. The number of nitrogens with one attached hydrogen (secondary N) is 3. The number of carbonyl (C=O) groups is 2. The van der Waals surface area contributed by atoms with Crippen molar-refractivity contribution in [3.63, 3.8) is 0 Å². The van der Waals surface area contributed by atoms with Crippen molar-refractivity contribution in [3.05, 3.63) is 66.1 Å². The van der Waals surface area contributed by atoms with Gasteiger partial charge in [0.05, 0.1) is 16.5 Å². The lowest BCUT2D eigenvalue weighted by Crippen LogP contribution is -2.34. The van der Waals surface area contributed by atoms with Crippen LogP contribution in [-0.2, 0) is 0 Å². The number of nitrogens with zero attached hydrogens (tertiary/aromatic N) is 1. The molecule has 0 spiro atoms. The molecule has 0 unspecified atom stereocenters. The molecule has 5 rings (SSSR count). The van der Waals surface area contributed by atoms with E-state index in [0.717, 1.165) is 4.70 Å². The number of carbonyl (C=O) groups excluding carboxylic acids is 2. The first kappa shape index (κ1) is 20.9. The number of amides is 2. The number of aromatic nitrogens is 1. The molecule has 2 aromatic carbocycles. The Morgan fingerprint density at radius 3 is 2.64 bits per heavy atom. The molecule has 0 fully saturated rings. The summed E-state index contributed by atoms with van der Waals surface area (Å²) >= 11 is 6.59. The molecule has 11 heteroatoms. The predicted octanol–water partition coefficient (Wildman–Crippen LogP) is 4.04. The molecule has 1 aliphatic rings. The molecule has 166 valence electrons. The Bertz CT molecular complexity index is 1370. The number of thiocarbonyl (C=S) groups is 1. The van der Waals surface area contributed by atoms with Crippen LogP contribution in [0.1, 0.15) is 20.9 Å². The van der Waals surface area contributed by atoms with Crippen LogP contribution in [0.3, 0.4) is 0 Å². The lowest BCUT2D eigenvalue weighted by atomic mass is 10.2. The van der Waals surface area contributed by atoms with Gasteiger partial charge in [-0.05, 0) is 60.7 Å². The number of hydrogen-bond acceptors (Lipinski definition) is 8. The Kier molecular flexibility index (Phi) is 5.63. The molecule has 2 amide bonds. The zero-order valence-corrected chi connectivity index (χ0v) is 18.5. The highest BCUT2D eigenvalue weighted by molar-refractivity contribution is 7.80. The molecular formula is C22H16N4O5S2. The average molecular weight is 481 g/mol. The molecule has 1 aliphatic heterocycles. The van der Waals surface area contributed by atoms with E-state index < -0.39 is 0 Å². The minimum atomic E-state index is -0.375. The van der Waals surface area contributed by atoms with Crippen LogP contribution in [0.4, 0.5) is 10.8 Å². The van der Waals surface area contributed by atoms with Gasteiger partial charge >= 0.3 is 0 Å². The number of hydrogen-bond donors (Lipinski definition) is 3. The van der Waals surface area contributed by atoms with E-state index in [1.165, 1.54) is 17.6 Å². The SMILES string of the molecule is O=C(NC(=S)Nc1ccc2nc(NC(=O)c3ccco3)sc2c1)c1ccc2c(c1)OCCO2. The molecule has 2 aromatic heterocycles. The maximum Gasteiger partial charge on any atom is 0.293 e. The Morgan fingerprint density at radius 2 is 1.82 bits per heavy atom. The summed E-state index contributed by atoms with van der Waals surface area (Å²) in [6.45, 7) is 0.917. The first-order chi connectivity index (χ1) is 16.0. The second kappa shape index (κ2) is 8.88. The van der Waals surface area contributed by atoms with E-state index in [1.807, 2.05) is 6.07 Å². The van der Waals surface area contributed by atoms with E-state index in [2.05, 4.69) is 20.9 Å². The molecule has 0 aliphatic carbocycles. The van der Waals surface area contributed by atoms with Crippen LogP contribution in [0, 0.1) is 0 Å². The van der Waals surface area contributed by atoms with Crippen molar-refractivity contribution < 1.29 is 23.5 Å². The lowest BCUT2D eigenvalue weighted by Gasteiger charge is -2.18. The number of anilines is 2. The highest BCUT2D eigenvalue weighted by Crippen LogP contribution is 2.31. The normalized spacial score (nSPS) is 12.2. The summed E-state index contributed by atoms with van der Waals surface area (Å²) in [6.07, 6.45) is 1.43. The van der Waals surface area contributed by atoms with Gasteiger partial charge in [0.15, 0.2) is 27.5 Å². The van der Waals surface area contributed by atoms with Gasteiger partial charge < -0.3 is 19.2 Å². The highest BCUT2D eigenvalue weighted by atomic mass is 32.1. The van der Waals surface area contributed by atoms with Gasteiger partial charge in [0.2, 0.25) is 0 Å². The van der Waals surface area contributed by atoms with Crippen LogP contribution in [0.25, 0.3) is 10.2 Å². The second-order valence-electron chi connectivity index (χ2n) is 6.90. The Labute approximate surface area is 196 Å². The van der Waals surface area contributed by atoms with Gasteiger partial charge in [0.1, 0.15) is 13.2 Å². The fraction of sp³-hybridized carbons (Fsp3) is 0.0909. The van der Waals surface area contributed by atoms with Crippen molar-refractivity contribution >= 4 is 61.5 Å². The van der Waals surface area contributed by atoms with Crippen molar-refractivity contribution in [3.8, 4) is 11.5 Å². The minimum Gasteiger partial charge on any atom is -0.486 e. The van der Waals surface area contributed by atoms with Crippen molar-refractivity contribution in [1.29, 1.82) is 0 Å². The van der Waals surface area contributed by atoms with Crippen LogP contribution in [0.5, 0.6) is 11.5 Å². The fourth-order valence-corrected chi connectivity index (χ4v) is 4.26. The van der Waals surface area contributed by atoms with E-state index in [0.29, 0.717) is 46.6 Å². The third-order valence-electron chi connectivity index (χ3n) is 4.64. The summed E-state index contributed by atoms with van der Waals surface area (Å²) in [6, 6.07) is 13.6. The second-order valence-corrected chi connectivity index (χ2v) is 8.34. The maximum absolute atomic E-state index is 12.6. The Hall–Kier alpha value is -3.96. The molecule has 0 saturated heterocycles. The highest BCUT2D eigenvalue weighted by Gasteiger charge is 2.16. The third kappa shape index (κ3) is 4.64. The largest absolute Gasteiger partial charge is 0.486 e. The van der Waals surface area contributed by atoms with E-state index >= 15 is 0 Å². The van der Waals surface area contributed by atoms with Gasteiger partial charge in [0, 0.05) is 11.3 Å². The van der Waals surface area contributed by atoms with Crippen molar-refractivity contribution in [1.82, 2.24) is 10.3 Å². The van der Waals surface area contributed by atoms with Crippen LogP contribution in [0.15, 0.2) is 59.2 Å². The topological polar surface area (TPSA) is 115 Å². The van der Waals surface area contributed by atoms with Crippen molar-refractivity contribution in [2.75, 3.05) is 23.8 Å². The summed E-state index contributed by atoms with van der Waals surface area (Å²) in [5.41, 5.74) is 1.78. The van der Waals surface area contributed by atoms with E-state index in [4.69, 9.17) is 26.1 Å². The lowest BCUT2D eigenvalue weighted by molar-refractivity contribution is 0.0974. The first-order valence-electron chi connectivity index (χ1n) is 9.82. The molecule has 3 heterocycles. The summed E-state index contributed by atoms with van der Waals surface area (Å²) in [7, 11) is 0. The number of thiazole rings is 1. The van der Waals surface area contributed by atoms with Crippen LogP contribution in [0.2, 0.25) is 0 Å². The van der Waals surface area contributed by atoms with Gasteiger partial charge in [-0.2, -0.15) is 0 Å². The number of fused-ring (bicyclic) bond motifs is 2. The van der Waals surface area contributed by atoms with Gasteiger partial charge in [0.25, 0.3) is 11.8 Å². The van der Waals surface area contributed by atoms with Crippen LogP contribution in [-0.4, -0.2) is 35.1 Å². The standard InChI is InChI=1S/C22H16N4O5S2/c27-19(12-3-6-15-17(10-12)31-9-8-30-15)25-21(32)23-13-4-5-14-18(11-13)33-22(24-14)26-20(28)16-2-1-7-29-16/h1-7,10-11H,8-9H2,(H,24,26,28)(H2,23,25,27,32). The maximum atomic E-state index is 12.6. The zero-order valence-electron chi connectivity index (χ0n) is 16.9. The minimum absolute atomic E-state index is 0.144. The first-order valence-corrected chi connectivity index (χ1v) is 11.0.